The van der Waals surface area contributed by atoms with Gasteiger partial charge in [0.05, 0.1) is 4.90 Å². The zero-order valence-corrected chi connectivity index (χ0v) is 18.5. The lowest BCUT2D eigenvalue weighted by molar-refractivity contribution is -0.120. The normalized spacial score (nSPS) is 16.4. The monoisotopic (exact) mass is 440 g/mol. The second kappa shape index (κ2) is 8.89. The molecule has 28 heavy (non-hydrogen) atoms. The van der Waals surface area contributed by atoms with Gasteiger partial charge in [-0.3, -0.25) is 4.79 Å². The number of anilines is 1. The number of nitrogens with zero attached hydrogens (tertiary/aromatic N) is 3. The average molecular weight is 441 g/mol. The van der Waals surface area contributed by atoms with Crippen molar-refractivity contribution in [1.82, 2.24) is 14.5 Å². The van der Waals surface area contributed by atoms with Crippen molar-refractivity contribution < 1.29 is 13.2 Å². The van der Waals surface area contributed by atoms with E-state index in [0.29, 0.717) is 41.2 Å². The van der Waals surface area contributed by atoms with Gasteiger partial charge in [0.25, 0.3) is 0 Å². The van der Waals surface area contributed by atoms with Crippen LogP contribution in [0.2, 0.25) is 0 Å². The van der Waals surface area contributed by atoms with Gasteiger partial charge in [-0.1, -0.05) is 54.6 Å². The first-order chi connectivity index (χ1) is 13.3. The SMILES string of the molecule is Cc1ccc(S(=O)(=O)N2CCC(C(=O)Nc3nnc(SC(C)C)s3)CC2)cc1. The predicted molar refractivity (Wildman–Crippen MR) is 112 cm³/mol. The van der Waals surface area contributed by atoms with Crippen LogP contribution in [0.1, 0.15) is 32.3 Å². The highest BCUT2D eigenvalue weighted by Crippen LogP contribution is 2.30. The van der Waals surface area contributed by atoms with Gasteiger partial charge in [0.1, 0.15) is 0 Å². The van der Waals surface area contributed by atoms with E-state index in [0.717, 1.165) is 9.90 Å². The lowest BCUT2D eigenvalue weighted by Gasteiger charge is -2.30. The summed E-state index contributed by atoms with van der Waals surface area (Å²) in [7, 11) is -3.52. The van der Waals surface area contributed by atoms with Crippen LogP contribution in [0, 0.1) is 12.8 Å². The third-order valence-electron chi connectivity index (χ3n) is 4.46. The molecule has 1 saturated heterocycles. The summed E-state index contributed by atoms with van der Waals surface area (Å²) in [6.45, 7) is 6.73. The van der Waals surface area contributed by atoms with Crippen LogP contribution in [-0.2, 0) is 14.8 Å². The summed E-state index contributed by atoms with van der Waals surface area (Å²) in [4.78, 5) is 12.8. The molecule has 0 unspecified atom stereocenters. The number of hydrogen-bond donors (Lipinski definition) is 1. The smallest absolute Gasteiger partial charge is 0.243 e. The first kappa shape index (κ1) is 21.2. The van der Waals surface area contributed by atoms with E-state index < -0.39 is 10.0 Å². The Morgan fingerprint density at radius 2 is 1.86 bits per heavy atom. The molecule has 7 nitrogen and oxygen atoms in total. The van der Waals surface area contributed by atoms with Gasteiger partial charge in [0.2, 0.25) is 21.1 Å². The minimum atomic E-state index is -3.52. The van der Waals surface area contributed by atoms with Gasteiger partial charge in [0, 0.05) is 24.3 Å². The fourth-order valence-electron chi connectivity index (χ4n) is 2.93. The lowest BCUT2D eigenvalue weighted by atomic mass is 9.97. The second-order valence-electron chi connectivity index (χ2n) is 7.02. The summed E-state index contributed by atoms with van der Waals surface area (Å²) in [6, 6.07) is 6.85. The van der Waals surface area contributed by atoms with E-state index in [1.165, 1.54) is 15.6 Å². The Balaban J connectivity index is 1.56. The molecular formula is C18H24N4O3S3. The maximum absolute atomic E-state index is 12.8. The van der Waals surface area contributed by atoms with Gasteiger partial charge in [-0.15, -0.1) is 10.2 Å². The van der Waals surface area contributed by atoms with Gasteiger partial charge in [-0.05, 0) is 31.9 Å². The number of piperidine rings is 1. The van der Waals surface area contributed by atoms with Gasteiger partial charge in [-0.25, -0.2) is 8.42 Å². The Labute approximate surface area is 174 Å². The minimum Gasteiger partial charge on any atom is -0.300 e. The standard InChI is InChI=1S/C18H24N4O3S3/c1-12(2)26-18-21-20-17(27-18)19-16(23)14-8-10-22(11-9-14)28(24,25)15-6-4-13(3)5-7-15/h4-7,12,14H,8-11H2,1-3H3,(H,19,20,23). The molecule has 2 heterocycles. The molecule has 1 aliphatic rings. The van der Waals surface area contributed by atoms with E-state index in [1.807, 2.05) is 6.92 Å². The molecule has 0 saturated carbocycles. The van der Waals surface area contributed by atoms with Crippen LogP contribution in [0.15, 0.2) is 33.5 Å². The molecule has 1 fully saturated rings. The van der Waals surface area contributed by atoms with Crippen LogP contribution in [0.4, 0.5) is 5.13 Å². The number of carbonyl (C=O) groups excluding carboxylic acids is 1. The summed E-state index contributed by atoms with van der Waals surface area (Å²) >= 11 is 2.96. The zero-order chi connectivity index (χ0) is 20.3. The number of hydrogen-bond acceptors (Lipinski definition) is 7. The molecule has 3 rings (SSSR count). The number of sulfonamides is 1. The van der Waals surface area contributed by atoms with Gasteiger partial charge in [0.15, 0.2) is 4.34 Å². The summed E-state index contributed by atoms with van der Waals surface area (Å²) in [5, 5.41) is 11.8. The highest BCUT2D eigenvalue weighted by molar-refractivity contribution is 8.01. The van der Waals surface area contributed by atoms with Crippen molar-refractivity contribution in [3.63, 3.8) is 0 Å². The van der Waals surface area contributed by atoms with E-state index in [2.05, 4.69) is 29.4 Å². The Hall–Kier alpha value is -1.49. The Morgan fingerprint density at radius 1 is 1.21 bits per heavy atom. The molecule has 0 radical (unpaired) electrons. The highest BCUT2D eigenvalue weighted by atomic mass is 32.2. The highest BCUT2D eigenvalue weighted by Gasteiger charge is 2.32. The average Bonchev–Trinajstić information content (AvgIpc) is 3.08. The van der Waals surface area contributed by atoms with E-state index in [4.69, 9.17) is 0 Å². The Kier molecular flexibility index (Phi) is 6.74. The molecule has 1 amide bonds. The van der Waals surface area contributed by atoms with Crippen LogP contribution in [0.25, 0.3) is 0 Å². The maximum atomic E-state index is 12.8. The fourth-order valence-corrected chi connectivity index (χ4v) is 6.38. The minimum absolute atomic E-state index is 0.121. The predicted octanol–water partition coefficient (Wildman–Crippen LogP) is 3.39. The number of amides is 1. The number of rotatable bonds is 6. The molecule has 1 aromatic heterocycles. The first-order valence-electron chi connectivity index (χ1n) is 9.13. The molecule has 152 valence electrons. The molecule has 0 spiro atoms. The molecule has 1 N–H and O–H groups in total. The molecule has 1 aliphatic heterocycles. The molecule has 0 bridgehead atoms. The first-order valence-corrected chi connectivity index (χ1v) is 12.3. The van der Waals surface area contributed by atoms with E-state index in [1.54, 1.807) is 36.0 Å². The second-order valence-corrected chi connectivity index (χ2v) is 11.8. The van der Waals surface area contributed by atoms with Gasteiger partial charge >= 0.3 is 0 Å². The summed E-state index contributed by atoms with van der Waals surface area (Å²) in [6.07, 6.45) is 0.979. The van der Waals surface area contributed by atoms with Gasteiger partial charge in [-0.2, -0.15) is 4.31 Å². The lowest BCUT2D eigenvalue weighted by Crippen LogP contribution is -2.41. The van der Waals surface area contributed by atoms with E-state index >= 15 is 0 Å². The molecular weight excluding hydrogens is 416 g/mol. The number of aryl methyl sites for hydroxylation is 1. The van der Waals surface area contributed by atoms with E-state index in [9.17, 15) is 13.2 Å². The largest absolute Gasteiger partial charge is 0.300 e. The van der Waals surface area contributed by atoms with Crippen LogP contribution in [0.3, 0.4) is 0 Å². The number of nitrogens with one attached hydrogen (secondary N) is 1. The quantitative estimate of drug-likeness (QED) is 0.547. The third-order valence-corrected chi connectivity index (χ3v) is 8.30. The van der Waals surface area contributed by atoms with Crippen molar-refractivity contribution in [1.29, 1.82) is 0 Å². The zero-order valence-electron chi connectivity index (χ0n) is 16.1. The van der Waals surface area contributed by atoms with Crippen LogP contribution in [-0.4, -0.2) is 47.2 Å². The number of thioether (sulfide) groups is 1. The fraction of sp³-hybridized carbons (Fsp3) is 0.500. The summed E-state index contributed by atoms with van der Waals surface area (Å²) < 4.78 is 27.8. The van der Waals surface area contributed by atoms with Crippen molar-refractivity contribution in [2.75, 3.05) is 18.4 Å². The molecule has 1 aromatic carbocycles. The Bertz CT molecular complexity index is 918. The van der Waals surface area contributed by atoms with Crippen LogP contribution in [0.5, 0.6) is 0 Å². The van der Waals surface area contributed by atoms with Crippen LogP contribution < -0.4 is 5.32 Å². The maximum Gasteiger partial charge on any atom is 0.243 e. The van der Waals surface area contributed by atoms with Crippen molar-refractivity contribution >= 4 is 44.2 Å². The van der Waals surface area contributed by atoms with E-state index in [-0.39, 0.29) is 11.8 Å². The number of aromatic nitrogens is 2. The van der Waals surface area contributed by atoms with Crippen molar-refractivity contribution in [3.05, 3.63) is 29.8 Å². The topological polar surface area (TPSA) is 92.3 Å². The molecule has 0 atom stereocenters. The number of benzene rings is 1. The molecule has 0 aliphatic carbocycles. The van der Waals surface area contributed by atoms with Crippen LogP contribution >= 0.6 is 23.1 Å². The molecule has 2 aromatic rings. The van der Waals surface area contributed by atoms with Gasteiger partial charge < -0.3 is 5.32 Å². The third kappa shape index (κ3) is 5.11. The number of carbonyl (C=O) groups is 1. The van der Waals surface area contributed by atoms with Crippen molar-refractivity contribution in [2.45, 2.75) is 48.1 Å². The summed E-state index contributed by atoms with van der Waals surface area (Å²) in [5.41, 5.74) is 1.01. The molecule has 10 heteroatoms. The van der Waals surface area contributed by atoms with Crippen molar-refractivity contribution in [2.24, 2.45) is 5.92 Å². The van der Waals surface area contributed by atoms with Crippen molar-refractivity contribution in [3.8, 4) is 0 Å². The summed E-state index contributed by atoms with van der Waals surface area (Å²) in [5.74, 6) is -0.348. The Morgan fingerprint density at radius 3 is 2.46 bits per heavy atom.